The lowest BCUT2D eigenvalue weighted by Crippen LogP contribution is -2.46. The summed E-state index contributed by atoms with van der Waals surface area (Å²) in [5.41, 5.74) is 6.41. The predicted molar refractivity (Wildman–Crippen MR) is 62.2 cm³/mol. The van der Waals surface area contributed by atoms with E-state index in [0.29, 0.717) is 5.75 Å². The molecule has 0 aliphatic carbocycles. The zero-order valence-corrected chi connectivity index (χ0v) is 10.4. The molecule has 16 heavy (non-hydrogen) atoms. The van der Waals surface area contributed by atoms with Crippen LogP contribution in [0.15, 0.2) is 10.6 Å². The second-order valence-corrected chi connectivity index (χ2v) is 5.77. The first-order valence-corrected chi connectivity index (χ1v) is 5.86. The molecule has 0 unspecified atom stereocenters. The van der Waals surface area contributed by atoms with Crippen molar-refractivity contribution in [2.45, 2.75) is 37.3 Å². The van der Waals surface area contributed by atoms with Crippen molar-refractivity contribution >= 4 is 17.7 Å². The predicted octanol–water partition coefficient (Wildman–Crippen LogP) is 1.41. The quantitative estimate of drug-likeness (QED) is 0.814. The third-order valence-corrected chi connectivity index (χ3v) is 3.71. The van der Waals surface area contributed by atoms with Gasteiger partial charge in [0.05, 0.1) is 11.4 Å². The van der Waals surface area contributed by atoms with Gasteiger partial charge >= 0.3 is 5.97 Å². The molecule has 0 amide bonds. The van der Waals surface area contributed by atoms with Crippen LogP contribution in [0.4, 0.5) is 0 Å². The van der Waals surface area contributed by atoms with Crippen LogP contribution in [0.3, 0.4) is 0 Å². The summed E-state index contributed by atoms with van der Waals surface area (Å²) in [6, 6.07) is 0.927. The molecular formula is C10H16N2O3S. The maximum atomic E-state index is 10.8. The van der Waals surface area contributed by atoms with Gasteiger partial charge in [-0.15, -0.1) is 11.8 Å². The first-order chi connectivity index (χ1) is 7.33. The van der Waals surface area contributed by atoms with Gasteiger partial charge in [0.1, 0.15) is 11.8 Å². The number of aryl methyl sites for hydroxylation is 1. The van der Waals surface area contributed by atoms with Gasteiger partial charge < -0.3 is 15.4 Å². The Morgan fingerprint density at radius 1 is 1.75 bits per heavy atom. The van der Waals surface area contributed by atoms with Crippen molar-refractivity contribution in [2.75, 3.05) is 0 Å². The van der Waals surface area contributed by atoms with Gasteiger partial charge in [0, 0.05) is 10.8 Å². The Labute approximate surface area is 98.4 Å². The summed E-state index contributed by atoms with van der Waals surface area (Å²) in [5, 5.41) is 12.6. The molecule has 0 radical (unpaired) electrons. The number of carbonyl (C=O) groups is 1. The molecule has 1 aromatic heterocycles. The fraction of sp³-hybridized carbons (Fsp3) is 0.600. The number of nitrogens with two attached hydrogens (primary N) is 1. The number of aromatic nitrogens is 1. The highest BCUT2D eigenvalue weighted by atomic mass is 32.2. The molecule has 6 heteroatoms. The van der Waals surface area contributed by atoms with Crippen LogP contribution in [0, 0.1) is 6.92 Å². The number of nitrogens with zero attached hydrogens (tertiary/aromatic N) is 1. The number of carboxylic acids is 1. The second kappa shape index (κ2) is 4.88. The molecule has 0 aliphatic heterocycles. The smallest absolute Gasteiger partial charge is 0.321 e. The van der Waals surface area contributed by atoms with Crippen molar-refractivity contribution in [3.63, 3.8) is 0 Å². The maximum absolute atomic E-state index is 10.8. The van der Waals surface area contributed by atoms with Gasteiger partial charge in [-0.2, -0.15) is 0 Å². The Morgan fingerprint density at radius 2 is 2.38 bits per heavy atom. The van der Waals surface area contributed by atoms with Crippen molar-refractivity contribution in [3.05, 3.63) is 17.5 Å². The molecule has 0 saturated carbocycles. The molecule has 1 atom stereocenters. The Balaban J connectivity index is 2.57. The average molecular weight is 244 g/mol. The lowest BCUT2D eigenvalue weighted by molar-refractivity contribution is -0.139. The van der Waals surface area contributed by atoms with Crippen molar-refractivity contribution < 1.29 is 14.4 Å². The average Bonchev–Trinajstić information content (AvgIpc) is 2.60. The molecular weight excluding hydrogens is 228 g/mol. The highest BCUT2D eigenvalue weighted by Crippen LogP contribution is 2.30. The highest BCUT2D eigenvalue weighted by Gasteiger charge is 2.32. The van der Waals surface area contributed by atoms with E-state index in [0.717, 1.165) is 11.5 Å². The Morgan fingerprint density at radius 3 is 2.81 bits per heavy atom. The minimum atomic E-state index is -0.994. The van der Waals surface area contributed by atoms with Crippen LogP contribution in [0.2, 0.25) is 0 Å². The van der Waals surface area contributed by atoms with Crippen LogP contribution in [0.5, 0.6) is 0 Å². The molecule has 0 bridgehead atoms. The Kier molecular flexibility index (Phi) is 3.98. The van der Waals surface area contributed by atoms with E-state index in [2.05, 4.69) is 5.16 Å². The van der Waals surface area contributed by atoms with E-state index < -0.39 is 16.8 Å². The number of thioether (sulfide) groups is 1. The summed E-state index contributed by atoms with van der Waals surface area (Å²) in [6.45, 7) is 5.45. The summed E-state index contributed by atoms with van der Waals surface area (Å²) < 4.78 is 4.49. The molecule has 0 aromatic carbocycles. The first kappa shape index (κ1) is 13.1. The van der Waals surface area contributed by atoms with E-state index >= 15 is 0 Å². The Bertz CT molecular complexity index is 376. The minimum Gasteiger partial charge on any atom is -0.480 e. The van der Waals surface area contributed by atoms with E-state index in [9.17, 15) is 4.79 Å². The molecule has 0 spiro atoms. The molecule has 0 fully saturated rings. The molecule has 0 aliphatic rings. The van der Waals surface area contributed by atoms with Crippen molar-refractivity contribution in [3.8, 4) is 0 Å². The van der Waals surface area contributed by atoms with Crippen LogP contribution >= 0.6 is 11.8 Å². The largest absolute Gasteiger partial charge is 0.480 e. The molecule has 5 nitrogen and oxygen atoms in total. The van der Waals surface area contributed by atoms with Gasteiger partial charge in [0.2, 0.25) is 0 Å². The number of hydrogen-bond donors (Lipinski definition) is 2. The molecule has 3 N–H and O–H groups in total. The van der Waals surface area contributed by atoms with E-state index in [1.165, 1.54) is 11.8 Å². The topological polar surface area (TPSA) is 89.4 Å². The van der Waals surface area contributed by atoms with Crippen LogP contribution < -0.4 is 5.73 Å². The van der Waals surface area contributed by atoms with Gasteiger partial charge in [0.25, 0.3) is 0 Å². The third-order valence-electron chi connectivity index (χ3n) is 2.28. The molecule has 1 rings (SSSR count). The van der Waals surface area contributed by atoms with Gasteiger partial charge in [-0.3, -0.25) is 4.79 Å². The fourth-order valence-electron chi connectivity index (χ4n) is 1.13. The summed E-state index contributed by atoms with van der Waals surface area (Å²) in [7, 11) is 0. The summed E-state index contributed by atoms with van der Waals surface area (Å²) in [6.07, 6.45) is 0. The normalized spacial score (nSPS) is 13.8. The highest BCUT2D eigenvalue weighted by molar-refractivity contribution is 7.99. The second-order valence-electron chi connectivity index (χ2n) is 4.14. The molecule has 1 heterocycles. The van der Waals surface area contributed by atoms with Gasteiger partial charge in [-0.05, 0) is 20.8 Å². The van der Waals surface area contributed by atoms with Crippen molar-refractivity contribution in [1.29, 1.82) is 0 Å². The number of carboxylic acid groups (broad SMARTS) is 1. The number of aliphatic carboxylic acids is 1. The van der Waals surface area contributed by atoms with Gasteiger partial charge in [-0.1, -0.05) is 5.16 Å². The van der Waals surface area contributed by atoms with E-state index in [-0.39, 0.29) is 0 Å². The molecule has 1 aromatic rings. The van der Waals surface area contributed by atoms with Crippen LogP contribution in [0.25, 0.3) is 0 Å². The van der Waals surface area contributed by atoms with Crippen molar-refractivity contribution in [2.24, 2.45) is 5.73 Å². The Hall–Kier alpha value is -1.01. The third kappa shape index (κ3) is 3.24. The monoisotopic (exact) mass is 244 g/mol. The van der Waals surface area contributed by atoms with E-state index in [4.69, 9.17) is 15.4 Å². The zero-order valence-electron chi connectivity index (χ0n) is 9.56. The van der Waals surface area contributed by atoms with Crippen LogP contribution in [0.1, 0.15) is 25.3 Å². The van der Waals surface area contributed by atoms with Gasteiger partial charge in [0.15, 0.2) is 0 Å². The number of hydrogen-bond acceptors (Lipinski definition) is 5. The summed E-state index contributed by atoms with van der Waals surface area (Å²) >= 11 is 1.44. The standard InChI is InChI=1S/C10H16N2O3S/c1-6-4-7(15-12-6)5-16-10(2,3)8(11)9(13)14/h4,8H,5,11H2,1-3H3,(H,13,14)/t8-/m1/s1. The van der Waals surface area contributed by atoms with Crippen molar-refractivity contribution in [1.82, 2.24) is 5.16 Å². The van der Waals surface area contributed by atoms with E-state index in [1.54, 1.807) is 13.8 Å². The van der Waals surface area contributed by atoms with Crippen LogP contribution in [-0.2, 0) is 10.5 Å². The fourth-order valence-corrected chi connectivity index (χ4v) is 2.06. The maximum Gasteiger partial charge on any atom is 0.321 e. The molecule has 0 saturated heterocycles. The molecule has 90 valence electrons. The van der Waals surface area contributed by atoms with Gasteiger partial charge in [-0.25, -0.2) is 0 Å². The SMILES string of the molecule is Cc1cc(CSC(C)(C)[C@H](N)C(=O)O)on1. The lowest BCUT2D eigenvalue weighted by atomic mass is 10.1. The summed E-state index contributed by atoms with van der Waals surface area (Å²) in [4.78, 5) is 10.8. The van der Waals surface area contributed by atoms with E-state index in [1.807, 2.05) is 13.0 Å². The number of rotatable bonds is 5. The summed E-state index contributed by atoms with van der Waals surface area (Å²) in [5.74, 6) is 0.300. The minimum absolute atomic E-state index is 0.549. The zero-order chi connectivity index (χ0) is 12.3. The van der Waals surface area contributed by atoms with Crippen LogP contribution in [-0.4, -0.2) is 27.0 Å². The first-order valence-electron chi connectivity index (χ1n) is 4.87. The lowest BCUT2D eigenvalue weighted by Gasteiger charge is -2.27.